The number of nitrogens with zero attached hydrogens (tertiary/aromatic N) is 2. The molecular formula is C22H20Cl2FN3O. The fourth-order valence-corrected chi connectivity index (χ4v) is 4.23. The number of rotatable bonds is 4. The van der Waals surface area contributed by atoms with Gasteiger partial charge >= 0.3 is 0 Å². The van der Waals surface area contributed by atoms with Gasteiger partial charge in [0, 0.05) is 16.6 Å². The van der Waals surface area contributed by atoms with E-state index in [1.165, 1.54) is 24.8 Å². The molecule has 1 saturated carbocycles. The lowest BCUT2D eigenvalue weighted by molar-refractivity contribution is 0.0928. The summed E-state index contributed by atoms with van der Waals surface area (Å²) < 4.78 is 15.1. The van der Waals surface area contributed by atoms with Crippen LogP contribution in [0, 0.1) is 5.82 Å². The maximum atomic E-state index is 13.5. The molecule has 0 atom stereocenters. The van der Waals surface area contributed by atoms with Gasteiger partial charge in [0.2, 0.25) is 0 Å². The second-order valence-electron chi connectivity index (χ2n) is 7.23. The maximum absolute atomic E-state index is 13.5. The van der Waals surface area contributed by atoms with Gasteiger partial charge in [-0.05, 0) is 55.3 Å². The number of carbonyl (C=O) groups is 1. The Morgan fingerprint density at radius 3 is 2.48 bits per heavy atom. The predicted octanol–water partition coefficient (Wildman–Crippen LogP) is 6.05. The maximum Gasteiger partial charge on any atom is 0.255 e. The molecular weight excluding hydrogens is 412 g/mol. The molecule has 1 heterocycles. The second-order valence-corrected chi connectivity index (χ2v) is 8.07. The zero-order valence-corrected chi connectivity index (χ0v) is 17.2. The van der Waals surface area contributed by atoms with Gasteiger partial charge in [-0.2, -0.15) is 5.10 Å². The molecule has 1 amide bonds. The summed E-state index contributed by atoms with van der Waals surface area (Å²) in [7, 11) is 0. The van der Waals surface area contributed by atoms with Crippen LogP contribution in [0.4, 0.5) is 4.39 Å². The smallest absolute Gasteiger partial charge is 0.255 e. The van der Waals surface area contributed by atoms with Crippen LogP contribution < -0.4 is 5.32 Å². The Hall–Kier alpha value is -2.37. The Labute approximate surface area is 178 Å². The standard InChI is InChI=1S/C22H20Cl2FN3O/c23-15-8-11-20(19(24)12-15)28-21(14-6-9-16(25)10-7-14)18(13-26-28)22(29)27-17-4-2-1-3-5-17/h6-13,17H,1-5H2,(H,27,29). The Balaban J connectivity index is 1.78. The van der Waals surface area contributed by atoms with E-state index in [-0.39, 0.29) is 17.8 Å². The summed E-state index contributed by atoms with van der Waals surface area (Å²) in [6.45, 7) is 0. The molecule has 1 aromatic heterocycles. The highest BCUT2D eigenvalue weighted by atomic mass is 35.5. The third-order valence-corrected chi connectivity index (χ3v) is 5.75. The average Bonchev–Trinajstić information content (AvgIpc) is 3.14. The zero-order chi connectivity index (χ0) is 20.4. The van der Waals surface area contributed by atoms with Crippen molar-refractivity contribution in [1.82, 2.24) is 15.1 Å². The van der Waals surface area contributed by atoms with Gasteiger partial charge in [-0.1, -0.05) is 42.5 Å². The fourth-order valence-electron chi connectivity index (χ4n) is 3.75. The third-order valence-electron chi connectivity index (χ3n) is 5.21. The normalized spacial score (nSPS) is 14.7. The van der Waals surface area contributed by atoms with Gasteiger partial charge in [0.15, 0.2) is 0 Å². The Morgan fingerprint density at radius 2 is 1.79 bits per heavy atom. The molecule has 29 heavy (non-hydrogen) atoms. The van der Waals surface area contributed by atoms with Crippen molar-refractivity contribution < 1.29 is 9.18 Å². The highest BCUT2D eigenvalue weighted by Gasteiger charge is 2.24. The molecule has 1 aliphatic carbocycles. The summed E-state index contributed by atoms with van der Waals surface area (Å²) in [5.41, 5.74) is 2.24. The molecule has 4 rings (SSSR count). The van der Waals surface area contributed by atoms with Crippen LogP contribution in [0.3, 0.4) is 0 Å². The van der Waals surface area contributed by atoms with Gasteiger partial charge in [-0.15, -0.1) is 0 Å². The Morgan fingerprint density at radius 1 is 1.07 bits per heavy atom. The minimum Gasteiger partial charge on any atom is -0.349 e. The van der Waals surface area contributed by atoms with Crippen molar-refractivity contribution in [3.05, 3.63) is 70.1 Å². The third kappa shape index (κ3) is 4.31. The molecule has 3 aromatic rings. The molecule has 1 aliphatic rings. The molecule has 0 spiro atoms. The summed E-state index contributed by atoms with van der Waals surface area (Å²) >= 11 is 12.4. The minimum atomic E-state index is -0.349. The number of halogens is 3. The van der Waals surface area contributed by atoms with Crippen molar-refractivity contribution in [2.75, 3.05) is 0 Å². The highest BCUT2D eigenvalue weighted by Crippen LogP contribution is 2.31. The lowest BCUT2D eigenvalue weighted by Gasteiger charge is -2.22. The van der Waals surface area contributed by atoms with Crippen LogP contribution in [0.2, 0.25) is 10.0 Å². The van der Waals surface area contributed by atoms with E-state index in [1.54, 1.807) is 35.0 Å². The van der Waals surface area contributed by atoms with Gasteiger partial charge in [0.05, 0.1) is 28.2 Å². The van der Waals surface area contributed by atoms with E-state index in [0.717, 1.165) is 25.7 Å². The number of amides is 1. The van der Waals surface area contributed by atoms with Crippen LogP contribution in [0.15, 0.2) is 48.7 Å². The topological polar surface area (TPSA) is 46.9 Å². The first-order valence-corrected chi connectivity index (χ1v) is 10.4. The molecule has 2 aromatic carbocycles. The van der Waals surface area contributed by atoms with Crippen LogP contribution in [0.5, 0.6) is 0 Å². The summed E-state index contributed by atoms with van der Waals surface area (Å²) in [5, 5.41) is 8.46. The first-order valence-electron chi connectivity index (χ1n) is 9.63. The van der Waals surface area contributed by atoms with E-state index in [0.29, 0.717) is 32.6 Å². The fraction of sp³-hybridized carbons (Fsp3) is 0.273. The van der Waals surface area contributed by atoms with Gasteiger partial charge in [-0.3, -0.25) is 4.79 Å². The molecule has 1 N–H and O–H groups in total. The lowest BCUT2D eigenvalue weighted by Crippen LogP contribution is -2.36. The monoisotopic (exact) mass is 431 g/mol. The molecule has 0 bridgehead atoms. The Bertz CT molecular complexity index is 1030. The summed E-state index contributed by atoms with van der Waals surface area (Å²) in [4.78, 5) is 13.1. The van der Waals surface area contributed by atoms with E-state index < -0.39 is 0 Å². The van der Waals surface area contributed by atoms with E-state index in [1.807, 2.05) is 0 Å². The van der Waals surface area contributed by atoms with Crippen LogP contribution in [0.25, 0.3) is 16.9 Å². The first kappa shape index (κ1) is 19.9. The summed E-state index contributed by atoms with van der Waals surface area (Å²) in [6, 6.07) is 11.2. The van der Waals surface area contributed by atoms with Crippen molar-refractivity contribution in [2.24, 2.45) is 0 Å². The van der Waals surface area contributed by atoms with Gasteiger partial charge < -0.3 is 5.32 Å². The lowest BCUT2D eigenvalue weighted by atomic mass is 9.95. The first-order chi connectivity index (χ1) is 14.0. The van der Waals surface area contributed by atoms with E-state index >= 15 is 0 Å². The van der Waals surface area contributed by atoms with Gasteiger partial charge in [-0.25, -0.2) is 9.07 Å². The summed E-state index contributed by atoms with van der Waals surface area (Å²) in [6.07, 6.45) is 6.94. The number of benzene rings is 2. The van der Waals surface area contributed by atoms with Crippen LogP contribution in [-0.4, -0.2) is 21.7 Å². The molecule has 7 heteroatoms. The number of nitrogens with one attached hydrogen (secondary N) is 1. The number of hydrogen-bond acceptors (Lipinski definition) is 2. The number of carbonyl (C=O) groups excluding carboxylic acids is 1. The zero-order valence-electron chi connectivity index (χ0n) is 15.7. The highest BCUT2D eigenvalue weighted by molar-refractivity contribution is 6.35. The quantitative estimate of drug-likeness (QED) is 0.546. The Kier molecular flexibility index (Phi) is 5.88. The second kappa shape index (κ2) is 8.56. The average molecular weight is 432 g/mol. The summed E-state index contributed by atoms with van der Waals surface area (Å²) in [5.74, 6) is -0.537. The molecule has 150 valence electrons. The molecule has 4 nitrogen and oxygen atoms in total. The van der Waals surface area contributed by atoms with Crippen LogP contribution in [-0.2, 0) is 0 Å². The van der Waals surface area contributed by atoms with Gasteiger partial charge in [0.1, 0.15) is 5.82 Å². The van der Waals surface area contributed by atoms with Gasteiger partial charge in [0.25, 0.3) is 5.91 Å². The predicted molar refractivity (Wildman–Crippen MR) is 113 cm³/mol. The van der Waals surface area contributed by atoms with Crippen molar-refractivity contribution in [1.29, 1.82) is 0 Å². The molecule has 0 radical (unpaired) electrons. The van der Waals surface area contributed by atoms with Crippen molar-refractivity contribution in [2.45, 2.75) is 38.1 Å². The van der Waals surface area contributed by atoms with Crippen LogP contribution >= 0.6 is 23.2 Å². The minimum absolute atomic E-state index is 0.166. The van der Waals surface area contributed by atoms with Crippen molar-refractivity contribution in [3.63, 3.8) is 0 Å². The molecule has 0 saturated heterocycles. The SMILES string of the molecule is O=C(NC1CCCCC1)c1cnn(-c2ccc(Cl)cc2Cl)c1-c1ccc(F)cc1. The van der Waals surface area contributed by atoms with Crippen molar-refractivity contribution >= 4 is 29.1 Å². The van der Waals surface area contributed by atoms with Crippen molar-refractivity contribution in [3.8, 4) is 16.9 Å². The number of hydrogen-bond donors (Lipinski definition) is 1. The molecule has 1 fully saturated rings. The largest absolute Gasteiger partial charge is 0.349 e. The van der Waals surface area contributed by atoms with E-state index in [2.05, 4.69) is 10.4 Å². The molecule has 0 unspecified atom stereocenters. The number of aromatic nitrogens is 2. The van der Waals surface area contributed by atoms with Crippen LogP contribution in [0.1, 0.15) is 42.5 Å². The van der Waals surface area contributed by atoms with E-state index in [4.69, 9.17) is 23.2 Å². The molecule has 0 aliphatic heterocycles. The van der Waals surface area contributed by atoms with E-state index in [9.17, 15) is 9.18 Å².